The van der Waals surface area contributed by atoms with Crippen molar-refractivity contribution in [3.8, 4) is 0 Å². The Kier molecular flexibility index (Phi) is 4.17. The van der Waals surface area contributed by atoms with E-state index in [1.807, 2.05) is 0 Å². The maximum Gasteiger partial charge on any atom is 0.255 e. The number of nitrogen functional groups attached to an aromatic ring is 1. The molecule has 0 spiro atoms. The van der Waals surface area contributed by atoms with Gasteiger partial charge < -0.3 is 15.7 Å². The number of nitrogens with zero attached hydrogens (tertiary/aromatic N) is 3. The molecule has 0 saturated carbocycles. The van der Waals surface area contributed by atoms with Crippen LogP contribution in [0.15, 0.2) is 12.4 Å². The van der Waals surface area contributed by atoms with Crippen molar-refractivity contribution in [3.63, 3.8) is 0 Å². The Morgan fingerprint density at radius 2 is 2.00 bits per heavy atom. The lowest BCUT2D eigenvalue weighted by atomic mass is 10.5. The van der Waals surface area contributed by atoms with Crippen LogP contribution >= 0.6 is 0 Å². The number of alkyl halides is 2. The van der Waals surface area contributed by atoms with Crippen molar-refractivity contribution in [1.82, 2.24) is 9.97 Å². The summed E-state index contributed by atoms with van der Waals surface area (Å²) in [5.41, 5.74) is 5.72. The number of rotatable bonds is 5. The molecule has 1 heterocycles. The summed E-state index contributed by atoms with van der Waals surface area (Å²) in [6.07, 6.45) is 0.161. The molecule has 0 aromatic carbocycles. The van der Waals surface area contributed by atoms with E-state index in [0.29, 0.717) is 5.69 Å². The van der Waals surface area contributed by atoms with E-state index in [-0.39, 0.29) is 19.1 Å². The number of aromatic nitrogens is 2. The molecule has 1 aromatic heterocycles. The quantitative estimate of drug-likeness (QED) is 0.734. The van der Waals surface area contributed by atoms with Crippen LogP contribution in [0.25, 0.3) is 0 Å². The third-order valence-corrected chi connectivity index (χ3v) is 1.67. The maximum atomic E-state index is 12.2. The summed E-state index contributed by atoms with van der Waals surface area (Å²) in [7, 11) is 0. The topological polar surface area (TPSA) is 75.3 Å². The molecular weight excluding hydrogens is 206 g/mol. The average Bonchev–Trinajstić information content (AvgIpc) is 2.17. The molecule has 0 amide bonds. The molecule has 15 heavy (non-hydrogen) atoms. The molecule has 84 valence electrons. The van der Waals surface area contributed by atoms with Crippen LogP contribution in [-0.2, 0) is 0 Å². The largest absolute Gasteiger partial charge is 0.396 e. The SMILES string of the molecule is Nc1cnc(N(CCO)CC(F)F)nc1. The summed E-state index contributed by atoms with van der Waals surface area (Å²) < 4.78 is 24.3. The fraction of sp³-hybridized carbons (Fsp3) is 0.500. The lowest BCUT2D eigenvalue weighted by Crippen LogP contribution is -2.33. The van der Waals surface area contributed by atoms with E-state index >= 15 is 0 Å². The van der Waals surface area contributed by atoms with Crippen LogP contribution < -0.4 is 10.6 Å². The van der Waals surface area contributed by atoms with Gasteiger partial charge in [0.15, 0.2) is 0 Å². The number of hydrogen-bond donors (Lipinski definition) is 2. The van der Waals surface area contributed by atoms with Crippen LogP contribution in [0.3, 0.4) is 0 Å². The summed E-state index contributed by atoms with van der Waals surface area (Å²) >= 11 is 0. The van der Waals surface area contributed by atoms with E-state index in [1.165, 1.54) is 17.3 Å². The summed E-state index contributed by atoms with van der Waals surface area (Å²) in [6, 6.07) is 0. The van der Waals surface area contributed by atoms with Gasteiger partial charge in [-0.2, -0.15) is 0 Å². The van der Waals surface area contributed by atoms with Crippen molar-refractivity contribution in [1.29, 1.82) is 0 Å². The summed E-state index contributed by atoms with van der Waals surface area (Å²) in [5.74, 6) is 0.138. The Bertz CT molecular complexity index is 293. The lowest BCUT2D eigenvalue weighted by Gasteiger charge is -2.20. The molecule has 7 heteroatoms. The standard InChI is InChI=1S/C8H12F2N4O/c9-7(10)5-14(1-2-15)8-12-3-6(11)4-13-8/h3-4,7,15H,1-2,5,11H2. The fourth-order valence-electron chi connectivity index (χ4n) is 1.05. The second kappa shape index (κ2) is 5.40. The van der Waals surface area contributed by atoms with Crippen molar-refractivity contribution in [2.75, 3.05) is 30.3 Å². The first kappa shape index (κ1) is 11.6. The minimum atomic E-state index is -2.50. The molecule has 0 unspecified atom stereocenters. The first-order chi connectivity index (χ1) is 7.13. The van der Waals surface area contributed by atoms with Crippen molar-refractivity contribution in [3.05, 3.63) is 12.4 Å². The zero-order valence-electron chi connectivity index (χ0n) is 7.98. The van der Waals surface area contributed by atoms with Gasteiger partial charge >= 0.3 is 0 Å². The number of aliphatic hydroxyl groups is 1. The minimum absolute atomic E-state index is 0.0637. The Balaban J connectivity index is 2.74. The van der Waals surface area contributed by atoms with Crippen molar-refractivity contribution in [2.24, 2.45) is 0 Å². The molecule has 0 aliphatic heterocycles. The maximum absolute atomic E-state index is 12.2. The highest BCUT2D eigenvalue weighted by Gasteiger charge is 2.14. The fourth-order valence-corrected chi connectivity index (χ4v) is 1.05. The second-order valence-electron chi connectivity index (χ2n) is 2.88. The van der Waals surface area contributed by atoms with Gasteiger partial charge in [0.25, 0.3) is 6.43 Å². The van der Waals surface area contributed by atoms with E-state index in [9.17, 15) is 8.78 Å². The summed E-state index contributed by atoms with van der Waals surface area (Å²) in [4.78, 5) is 8.79. The van der Waals surface area contributed by atoms with E-state index < -0.39 is 13.0 Å². The Morgan fingerprint density at radius 3 is 2.47 bits per heavy atom. The van der Waals surface area contributed by atoms with Gasteiger partial charge in [0.1, 0.15) is 0 Å². The number of hydrogen-bond acceptors (Lipinski definition) is 5. The molecule has 3 N–H and O–H groups in total. The molecule has 0 atom stereocenters. The Morgan fingerprint density at radius 1 is 1.40 bits per heavy atom. The van der Waals surface area contributed by atoms with Crippen LogP contribution in [0.2, 0.25) is 0 Å². The smallest absolute Gasteiger partial charge is 0.255 e. The van der Waals surface area contributed by atoms with Gasteiger partial charge in [-0.15, -0.1) is 0 Å². The minimum Gasteiger partial charge on any atom is -0.396 e. The van der Waals surface area contributed by atoms with Gasteiger partial charge in [-0.3, -0.25) is 0 Å². The van der Waals surface area contributed by atoms with E-state index in [1.54, 1.807) is 0 Å². The van der Waals surface area contributed by atoms with Crippen LogP contribution in [0, 0.1) is 0 Å². The summed E-state index contributed by atoms with van der Waals surface area (Å²) in [5, 5.41) is 8.70. The monoisotopic (exact) mass is 218 g/mol. The predicted molar refractivity (Wildman–Crippen MR) is 51.7 cm³/mol. The van der Waals surface area contributed by atoms with E-state index in [2.05, 4.69) is 9.97 Å². The molecule has 1 rings (SSSR count). The molecule has 5 nitrogen and oxygen atoms in total. The Labute approximate surface area is 85.6 Å². The van der Waals surface area contributed by atoms with Gasteiger partial charge in [0.05, 0.1) is 31.2 Å². The van der Waals surface area contributed by atoms with Gasteiger partial charge in [0, 0.05) is 6.54 Å². The second-order valence-corrected chi connectivity index (χ2v) is 2.88. The van der Waals surface area contributed by atoms with Crippen LogP contribution in [0.1, 0.15) is 0 Å². The van der Waals surface area contributed by atoms with E-state index in [4.69, 9.17) is 10.8 Å². The molecule has 0 aliphatic carbocycles. The van der Waals surface area contributed by atoms with Crippen LogP contribution in [0.4, 0.5) is 20.4 Å². The van der Waals surface area contributed by atoms with Gasteiger partial charge in [-0.05, 0) is 0 Å². The van der Waals surface area contributed by atoms with Gasteiger partial charge in [0.2, 0.25) is 5.95 Å². The zero-order chi connectivity index (χ0) is 11.3. The Hall–Kier alpha value is -1.50. The molecule has 0 aliphatic rings. The van der Waals surface area contributed by atoms with E-state index in [0.717, 1.165) is 0 Å². The summed E-state index contributed by atoms with van der Waals surface area (Å²) in [6.45, 7) is -0.681. The van der Waals surface area contributed by atoms with Gasteiger partial charge in [-0.25, -0.2) is 18.7 Å². The molecule has 1 aromatic rings. The highest BCUT2D eigenvalue weighted by molar-refractivity contribution is 5.37. The number of nitrogens with two attached hydrogens (primary N) is 1. The normalized spacial score (nSPS) is 10.7. The van der Waals surface area contributed by atoms with Gasteiger partial charge in [-0.1, -0.05) is 0 Å². The number of halogens is 2. The number of aliphatic hydroxyl groups excluding tert-OH is 1. The predicted octanol–water partition coefficient (Wildman–Crippen LogP) is 0.123. The molecular formula is C8H12F2N4O. The molecule has 0 fully saturated rings. The molecule has 0 radical (unpaired) electrons. The molecule has 0 saturated heterocycles. The highest BCUT2D eigenvalue weighted by Crippen LogP contribution is 2.09. The van der Waals surface area contributed by atoms with Crippen molar-refractivity contribution < 1.29 is 13.9 Å². The first-order valence-corrected chi connectivity index (χ1v) is 4.35. The van der Waals surface area contributed by atoms with Crippen LogP contribution in [0.5, 0.6) is 0 Å². The van der Waals surface area contributed by atoms with Crippen molar-refractivity contribution >= 4 is 11.6 Å². The zero-order valence-corrected chi connectivity index (χ0v) is 7.98. The average molecular weight is 218 g/mol. The molecule has 0 bridgehead atoms. The van der Waals surface area contributed by atoms with Crippen LogP contribution in [-0.4, -0.2) is 41.2 Å². The first-order valence-electron chi connectivity index (χ1n) is 4.35. The van der Waals surface area contributed by atoms with Crippen molar-refractivity contribution in [2.45, 2.75) is 6.43 Å². The number of anilines is 2. The third kappa shape index (κ3) is 3.62. The highest BCUT2D eigenvalue weighted by atomic mass is 19.3. The third-order valence-electron chi connectivity index (χ3n) is 1.67. The lowest BCUT2D eigenvalue weighted by molar-refractivity contribution is 0.152.